The van der Waals surface area contributed by atoms with Gasteiger partial charge in [-0.25, -0.2) is 9.78 Å². The molecule has 0 aliphatic rings. The van der Waals surface area contributed by atoms with Gasteiger partial charge in [-0.15, -0.1) is 0 Å². The molecule has 0 radical (unpaired) electrons. The van der Waals surface area contributed by atoms with Crippen LogP contribution in [-0.4, -0.2) is 16.1 Å². The van der Waals surface area contributed by atoms with E-state index >= 15 is 0 Å². The Bertz CT molecular complexity index is 604. The van der Waals surface area contributed by atoms with Crippen LogP contribution in [0.25, 0.3) is 0 Å². The molecule has 0 atom stereocenters. The molecule has 2 N–H and O–H groups in total. The maximum absolute atomic E-state index is 10.8. The van der Waals surface area contributed by atoms with Gasteiger partial charge in [0.25, 0.3) is 0 Å². The van der Waals surface area contributed by atoms with Crippen LogP contribution >= 0.6 is 27.5 Å². The molecule has 0 aliphatic heterocycles. The molecule has 2 rings (SSSR count). The lowest BCUT2D eigenvalue weighted by molar-refractivity contribution is 0.0697. The summed E-state index contributed by atoms with van der Waals surface area (Å²) >= 11 is 9.36. The fourth-order valence-corrected chi connectivity index (χ4v) is 1.89. The van der Waals surface area contributed by atoms with Gasteiger partial charge in [-0.3, -0.25) is 0 Å². The summed E-state index contributed by atoms with van der Waals surface area (Å²) in [5.41, 5.74) is 0.819. The Morgan fingerprint density at radius 3 is 2.83 bits per heavy atom. The second kappa shape index (κ2) is 5.37. The summed E-state index contributed by atoms with van der Waals surface area (Å²) in [6.07, 6.45) is 1.43. The van der Waals surface area contributed by atoms with Crippen molar-refractivity contribution in [2.24, 2.45) is 0 Å². The summed E-state index contributed by atoms with van der Waals surface area (Å²) in [4.78, 5) is 14.9. The summed E-state index contributed by atoms with van der Waals surface area (Å²) in [7, 11) is 0. The van der Waals surface area contributed by atoms with Gasteiger partial charge in [0.1, 0.15) is 5.82 Å². The molecule has 1 heterocycles. The van der Waals surface area contributed by atoms with Crippen molar-refractivity contribution in [1.82, 2.24) is 4.98 Å². The fourth-order valence-electron chi connectivity index (χ4n) is 1.36. The lowest BCUT2D eigenvalue weighted by Crippen LogP contribution is -2.00. The Kier molecular flexibility index (Phi) is 3.84. The van der Waals surface area contributed by atoms with E-state index in [0.29, 0.717) is 16.5 Å². The molecule has 0 unspecified atom stereocenters. The van der Waals surface area contributed by atoms with Crippen LogP contribution in [0.2, 0.25) is 5.02 Å². The molecule has 2 aromatic rings. The monoisotopic (exact) mass is 326 g/mol. The lowest BCUT2D eigenvalue weighted by Gasteiger charge is -2.08. The van der Waals surface area contributed by atoms with E-state index in [0.717, 1.165) is 4.47 Å². The van der Waals surface area contributed by atoms with Crippen molar-refractivity contribution < 1.29 is 9.90 Å². The minimum absolute atomic E-state index is 0.165. The highest BCUT2D eigenvalue weighted by molar-refractivity contribution is 9.10. The molecule has 6 heteroatoms. The van der Waals surface area contributed by atoms with Gasteiger partial charge in [-0.2, -0.15) is 0 Å². The topological polar surface area (TPSA) is 62.2 Å². The van der Waals surface area contributed by atoms with E-state index in [1.165, 1.54) is 18.3 Å². The number of anilines is 2. The zero-order chi connectivity index (χ0) is 13.1. The predicted octanol–water partition coefficient (Wildman–Crippen LogP) is 3.94. The number of nitrogens with zero attached hydrogens (tertiary/aromatic N) is 1. The average Bonchev–Trinajstić information content (AvgIpc) is 2.34. The molecule has 0 spiro atoms. The molecule has 0 bridgehead atoms. The Hall–Kier alpha value is -1.59. The van der Waals surface area contributed by atoms with Gasteiger partial charge >= 0.3 is 5.97 Å². The summed E-state index contributed by atoms with van der Waals surface area (Å²) < 4.78 is 0.865. The van der Waals surface area contributed by atoms with Crippen molar-refractivity contribution in [2.75, 3.05) is 5.32 Å². The van der Waals surface area contributed by atoms with E-state index in [1.807, 2.05) is 6.07 Å². The van der Waals surface area contributed by atoms with Gasteiger partial charge in [0.05, 0.1) is 16.3 Å². The zero-order valence-electron chi connectivity index (χ0n) is 9.02. The number of aromatic carboxylic acids is 1. The van der Waals surface area contributed by atoms with Crippen LogP contribution in [0, 0.1) is 0 Å². The molecule has 0 aliphatic carbocycles. The highest BCUT2D eigenvalue weighted by Crippen LogP contribution is 2.28. The van der Waals surface area contributed by atoms with Crippen molar-refractivity contribution in [3.8, 4) is 0 Å². The first-order valence-electron chi connectivity index (χ1n) is 4.97. The summed E-state index contributed by atoms with van der Waals surface area (Å²) in [5, 5.41) is 12.4. The number of benzene rings is 1. The molecule has 1 aromatic heterocycles. The summed E-state index contributed by atoms with van der Waals surface area (Å²) in [6.45, 7) is 0. The zero-order valence-corrected chi connectivity index (χ0v) is 11.4. The van der Waals surface area contributed by atoms with Crippen LogP contribution in [-0.2, 0) is 0 Å². The minimum Gasteiger partial charge on any atom is -0.478 e. The van der Waals surface area contributed by atoms with Gasteiger partial charge in [-0.05, 0) is 30.3 Å². The van der Waals surface area contributed by atoms with E-state index in [9.17, 15) is 4.79 Å². The van der Waals surface area contributed by atoms with Crippen molar-refractivity contribution >= 4 is 45.0 Å². The first-order chi connectivity index (χ1) is 8.56. The van der Waals surface area contributed by atoms with Crippen molar-refractivity contribution in [3.63, 3.8) is 0 Å². The number of aromatic nitrogens is 1. The van der Waals surface area contributed by atoms with Gasteiger partial charge in [-0.1, -0.05) is 27.5 Å². The molecule has 0 saturated carbocycles. The second-order valence-corrected chi connectivity index (χ2v) is 4.81. The maximum atomic E-state index is 10.8. The third-order valence-electron chi connectivity index (χ3n) is 2.20. The molecular formula is C12H8BrClN2O2. The second-order valence-electron chi connectivity index (χ2n) is 3.48. The number of carbonyl (C=O) groups is 1. The Morgan fingerprint density at radius 1 is 1.33 bits per heavy atom. The average molecular weight is 328 g/mol. The van der Waals surface area contributed by atoms with Crippen LogP contribution in [0.5, 0.6) is 0 Å². The predicted molar refractivity (Wildman–Crippen MR) is 73.6 cm³/mol. The van der Waals surface area contributed by atoms with Crippen molar-refractivity contribution in [1.29, 1.82) is 0 Å². The maximum Gasteiger partial charge on any atom is 0.335 e. The van der Waals surface area contributed by atoms with Crippen LogP contribution in [0.3, 0.4) is 0 Å². The minimum atomic E-state index is -0.999. The standard InChI is InChI=1S/C12H8BrClN2O2/c13-8-1-2-9(14)10(6-8)16-11-5-7(12(17)18)3-4-15-11/h1-6H,(H,15,16)(H,17,18). The third-order valence-corrected chi connectivity index (χ3v) is 3.02. The smallest absolute Gasteiger partial charge is 0.335 e. The van der Waals surface area contributed by atoms with E-state index in [1.54, 1.807) is 12.1 Å². The number of halogens is 2. The van der Waals surface area contributed by atoms with Crippen LogP contribution < -0.4 is 5.32 Å². The molecule has 1 aromatic carbocycles. The molecule has 92 valence electrons. The Balaban J connectivity index is 2.31. The van der Waals surface area contributed by atoms with Gasteiger partial charge < -0.3 is 10.4 Å². The number of rotatable bonds is 3. The highest BCUT2D eigenvalue weighted by atomic mass is 79.9. The number of carboxylic acid groups (broad SMARTS) is 1. The largest absolute Gasteiger partial charge is 0.478 e. The van der Waals surface area contributed by atoms with E-state index < -0.39 is 5.97 Å². The normalized spacial score (nSPS) is 10.1. The van der Waals surface area contributed by atoms with E-state index in [-0.39, 0.29) is 5.56 Å². The molecule has 0 amide bonds. The fraction of sp³-hybridized carbons (Fsp3) is 0. The number of carboxylic acids is 1. The first kappa shape index (κ1) is 12.9. The van der Waals surface area contributed by atoms with Crippen molar-refractivity contribution in [2.45, 2.75) is 0 Å². The lowest BCUT2D eigenvalue weighted by atomic mass is 10.2. The van der Waals surface area contributed by atoms with Gasteiger partial charge in [0, 0.05) is 10.7 Å². The quantitative estimate of drug-likeness (QED) is 0.896. The number of hydrogen-bond acceptors (Lipinski definition) is 3. The number of nitrogens with one attached hydrogen (secondary N) is 1. The molecule has 0 saturated heterocycles. The number of hydrogen-bond donors (Lipinski definition) is 2. The van der Waals surface area contributed by atoms with Gasteiger partial charge in [0.15, 0.2) is 0 Å². The van der Waals surface area contributed by atoms with Gasteiger partial charge in [0.2, 0.25) is 0 Å². The number of pyridine rings is 1. The summed E-state index contributed by atoms with van der Waals surface area (Å²) in [5.74, 6) is -0.573. The highest BCUT2D eigenvalue weighted by Gasteiger charge is 2.06. The first-order valence-corrected chi connectivity index (χ1v) is 6.15. The molecule has 18 heavy (non-hydrogen) atoms. The third kappa shape index (κ3) is 3.00. The van der Waals surface area contributed by atoms with Crippen molar-refractivity contribution in [3.05, 3.63) is 51.6 Å². The van der Waals surface area contributed by atoms with Crippen LogP contribution in [0.15, 0.2) is 41.0 Å². The molecule has 4 nitrogen and oxygen atoms in total. The Morgan fingerprint density at radius 2 is 2.11 bits per heavy atom. The van der Waals surface area contributed by atoms with Crippen LogP contribution in [0.1, 0.15) is 10.4 Å². The van der Waals surface area contributed by atoms with E-state index in [4.69, 9.17) is 16.7 Å². The summed E-state index contributed by atoms with van der Waals surface area (Å²) in [6, 6.07) is 8.21. The molecular weight excluding hydrogens is 320 g/mol. The van der Waals surface area contributed by atoms with Crippen LogP contribution in [0.4, 0.5) is 11.5 Å². The Labute approximate surface area is 117 Å². The van der Waals surface area contributed by atoms with E-state index in [2.05, 4.69) is 26.2 Å². The SMILES string of the molecule is O=C(O)c1ccnc(Nc2cc(Br)ccc2Cl)c1. The molecule has 0 fully saturated rings.